The van der Waals surface area contributed by atoms with Gasteiger partial charge >= 0.3 is 12.1 Å². The van der Waals surface area contributed by atoms with Gasteiger partial charge in [-0.25, -0.2) is 0 Å². The Bertz CT molecular complexity index is 608. The van der Waals surface area contributed by atoms with Gasteiger partial charge in [-0.15, -0.1) is 0 Å². The van der Waals surface area contributed by atoms with E-state index in [4.69, 9.17) is 16.1 Å². The minimum atomic E-state index is -4.79. The molecule has 0 heterocycles. The van der Waals surface area contributed by atoms with Crippen LogP contribution in [-0.4, -0.2) is 23.0 Å². The summed E-state index contributed by atoms with van der Waals surface area (Å²) in [4.78, 5) is 22.0. The zero-order valence-electron chi connectivity index (χ0n) is 10.4. The Hall–Kier alpha value is -2.60. The van der Waals surface area contributed by atoms with Crippen molar-refractivity contribution in [3.8, 4) is 6.07 Å². The molecule has 0 aromatic heterocycles. The molecule has 0 fully saturated rings. The molecule has 1 aromatic carbocycles. The average molecular weight is 301 g/mol. The lowest BCUT2D eigenvalue weighted by Gasteiger charge is -2.16. The molecule has 1 atom stereocenters. The molecule has 0 saturated heterocycles. The first-order chi connectivity index (χ1) is 9.65. The van der Waals surface area contributed by atoms with Crippen LogP contribution in [-0.2, 0) is 15.8 Å². The minimum Gasteiger partial charge on any atom is -0.481 e. The molecule has 4 N–H and O–H groups in total. The van der Waals surface area contributed by atoms with Crippen LogP contribution < -0.4 is 11.1 Å². The third-order valence-electron chi connectivity index (χ3n) is 2.44. The monoisotopic (exact) mass is 301 g/mol. The Morgan fingerprint density at radius 2 is 2.05 bits per heavy atom. The van der Waals surface area contributed by atoms with Crippen molar-refractivity contribution in [2.45, 2.75) is 18.6 Å². The number of nitriles is 1. The Morgan fingerprint density at radius 3 is 2.52 bits per heavy atom. The second kappa shape index (κ2) is 6.23. The maximum atomic E-state index is 12.8. The van der Waals surface area contributed by atoms with Crippen LogP contribution in [0.4, 0.5) is 18.9 Å². The van der Waals surface area contributed by atoms with Crippen molar-refractivity contribution in [1.82, 2.24) is 0 Å². The smallest absolute Gasteiger partial charge is 0.418 e. The number of hydrogen-bond donors (Lipinski definition) is 3. The van der Waals surface area contributed by atoms with Crippen molar-refractivity contribution in [2.75, 3.05) is 5.32 Å². The van der Waals surface area contributed by atoms with Crippen molar-refractivity contribution in [3.05, 3.63) is 29.3 Å². The molecule has 1 rings (SSSR count). The van der Waals surface area contributed by atoms with Gasteiger partial charge in [-0.1, -0.05) is 0 Å². The number of carboxylic acids is 1. The molecule has 9 heteroatoms. The van der Waals surface area contributed by atoms with Gasteiger partial charge in [0.25, 0.3) is 0 Å². The molecule has 6 nitrogen and oxygen atoms in total. The molecular weight excluding hydrogens is 291 g/mol. The lowest BCUT2D eigenvalue weighted by atomic mass is 10.1. The van der Waals surface area contributed by atoms with Crippen molar-refractivity contribution in [3.63, 3.8) is 0 Å². The second-order valence-electron chi connectivity index (χ2n) is 4.06. The SMILES string of the molecule is N#Cc1ccc(NC(=O)C(N)CC(=O)O)c(C(F)(F)F)c1. The predicted octanol–water partition coefficient (Wildman–Crippen LogP) is 1.32. The Labute approximate surface area is 117 Å². The van der Waals surface area contributed by atoms with Crippen LogP contribution in [0, 0.1) is 11.3 Å². The van der Waals surface area contributed by atoms with Gasteiger partial charge in [0.2, 0.25) is 5.91 Å². The highest BCUT2D eigenvalue weighted by Gasteiger charge is 2.34. The number of benzene rings is 1. The summed E-state index contributed by atoms with van der Waals surface area (Å²) in [5, 5.41) is 19.0. The summed E-state index contributed by atoms with van der Waals surface area (Å²) in [5.74, 6) is -2.42. The van der Waals surface area contributed by atoms with E-state index in [9.17, 15) is 22.8 Å². The number of carbonyl (C=O) groups is 2. The normalized spacial score (nSPS) is 12.3. The molecule has 21 heavy (non-hydrogen) atoms. The average Bonchev–Trinajstić information content (AvgIpc) is 2.37. The molecule has 0 aliphatic rings. The van der Waals surface area contributed by atoms with Gasteiger partial charge in [-0.3, -0.25) is 9.59 Å². The van der Waals surface area contributed by atoms with Gasteiger partial charge in [-0.2, -0.15) is 18.4 Å². The maximum absolute atomic E-state index is 12.8. The van der Waals surface area contributed by atoms with E-state index >= 15 is 0 Å². The zero-order chi connectivity index (χ0) is 16.2. The largest absolute Gasteiger partial charge is 0.481 e. The molecule has 0 spiro atoms. The highest BCUT2D eigenvalue weighted by molar-refractivity contribution is 5.97. The Kier molecular flexibility index (Phi) is 4.88. The molecule has 112 valence electrons. The van der Waals surface area contributed by atoms with E-state index in [0.29, 0.717) is 6.07 Å². The van der Waals surface area contributed by atoms with Gasteiger partial charge in [0, 0.05) is 0 Å². The van der Waals surface area contributed by atoms with Crippen molar-refractivity contribution in [1.29, 1.82) is 5.26 Å². The molecule has 1 amide bonds. The van der Waals surface area contributed by atoms with Gasteiger partial charge in [0.1, 0.15) is 0 Å². The van der Waals surface area contributed by atoms with Crippen LogP contribution in [0.25, 0.3) is 0 Å². The number of nitrogens with zero attached hydrogens (tertiary/aromatic N) is 1. The highest BCUT2D eigenvalue weighted by Crippen LogP contribution is 2.35. The summed E-state index contributed by atoms with van der Waals surface area (Å²) in [5.41, 5.74) is 3.23. The fourth-order valence-corrected chi connectivity index (χ4v) is 1.46. The number of carbonyl (C=O) groups excluding carboxylic acids is 1. The van der Waals surface area contributed by atoms with E-state index < -0.39 is 41.8 Å². The number of hydrogen-bond acceptors (Lipinski definition) is 4. The van der Waals surface area contributed by atoms with Gasteiger partial charge in [0.05, 0.1) is 35.3 Å². The van der Waals surface area contributed by atoms with Gasteiger partial charge < -0.3 is 16.2 Å². The summed E-state index contributed by atoms with van der Waals surface area (Å²) in [6.07, 6.45) is -5.50. The number of halogens is 3. The molecule has 0 aliphatic heterocycles. The first-order valence-corrected chi connectivity index (χ1v) is 5.54. The standard InChI is InChI=1S/C12H10F3N3O3/c13-12(14,15)7-3-6(5-16)1-2-9(7)18-11(21)8(17)4-10(19)20/h1-3,8H,4,17H2,(H,18,21)(H,19,20). The summed E-state index contributed by atoms with van der Waals surface area (Å²) in [6.45, 7) is 0. The highest BCUT2D eigenvalue weighted by atomic mass is 19.4. The van der Waals surface area contributed by atoms with Crippen molar-refractivity contribution < 1.29 is 27.9 Å². The number of nitrogens with one attached hydrogen (secondary N) is 1. The quantitative estimate of drug-likeness (QED) is 0.775. The Morgan fingerprint density at radius 1 is 1.43 bits per heavy atom. The number of alkyl halides is 3. The van der Waals surface area contributed by atoms with Crippen LogP contribution in [0.1, 0.15) is 17.5 Å². The molecule has 1 aromatic rings. The summed E-state index contributed by atoms with van der Waals surface area (Å²) in [6, 6.07) is 2.65. The third kappa shape index (κ3) is 4.47. The van der Waals surface area contributed by atoms with E-state index in [2.05, 4.69) is 0 Å². The topological polar surface area (TPSA) is 116 Å². The molecule has 0 bridgehead atoms. The number of rotatable bonds is 4. The molecular formula is C12H10F3N3O3. The van der Waals surface area contributed by atoms with Crippen LogP contribution >= 0.6 is 0 Å². The lowest BCUT2D eigenvalue weighted by Crippen LogP contribution is -2.37. The van der Waals surface area contributed by atoms with Gasteiger partial charge in [0.15, 0.2) is 0 Å². The summed E-state index contributed by atoms with van der Waals surface area (Å²) < 4.78 is 38.5. The van der Waals surface area contributed by atoms with E-state index in [1.54, 1.807) is 6.07 Å². The van der Waals surface area contributed by atoms with Crippen LogP contribution in [0.15, 0.2) is 18.2 Å². The third-order valence-corrected chi connectivity index (χ3v) is 2.44. The van der Waals surface area contributed by atoms with Crippen LogP contribution in [0.5, 0.6) is 0 Å². The van der Waals surface area contributed by atoms with Gasteiger partial charge in [-0.05, 0) is 18.2 Å². The van der Waals surface area contributed by atoms with Crippen molar-refractivity contribution >= 4 is 17.6 Å². The lowest BCUT2D eigenvalue weighted by molar-refractivity contribution is -0.139. The number of aliphatic carboxylic acids is 1. The van der Waals surface area contributed by atoms with E-state index in [0.717, 1.165) is 12.1 Å². The Balaban J connectivity index is 3.06. The number of anilines is 1. The molecule has 1 unspecified atom stereocenters. The number of carboxylic acid groups (broad SMARTS) is 1. The van der Waals surface area contributed by atoms with Crippen molar-refractivity contribution in [2.24, 2.45) is 5.73 Å². The maximum Gasteiger partial charge on any atom is 0.418 e. The first kappa shape index (κ1) is 16.5. The van der Waals surface area contributed by atoms with E-state index in [1.807, 2.05) is 5.32 Å². The first-order valence-electron chi connectivity index (χ1n) is 5.54. The fourth-order valence-electron chi connectivity index (χ4n) is 1.46. The summed E-state index contributed by atoms with van der Waals surface area (Å²) >= 11 is 0. The zero-order valence-corrected chi connectivity index (χ0v) is 10.4. The number of amides is 1. The fraction of sp³-hybridized carbons (Fsp3) is 0.250. The summed E-state index contributed by atoms with van der Waals surface area (Å²) in [7, 11) is 0. The number of nitrogens with two attached hydrogens (primary N) is 1. The molecule has 0 aliphatic carbocycles. The second-order valence-corrected chi connectivity index (χ2v) is 4.06. The predicted molar refractivity (Wildman–Crippen MR) is 65.0 cm³/mol. The van der Waals surface area contributed by atoms with E-state index in [1.165, 1.54) is 0 Å². The molecule has 0 saturated carbocycles. The van der Waals surface area contributed by atoms with Crippen LogP contribution in [0.3, 0.4) is 0 Å². The minimum absolute atomic E-state index is 0.227. The van der Waals surface area contributed by atoms with E-state index in [-0.39, 0.29) is 5.56 Å². The molecule has 0 radical (unpaired) electrons. The van der Waals surface area contributed by atoms with Crippen LogP contribution in [0.2, 0.25) is 0 Å².